The number of alkyl halides is 3. The van der Waals surface area contributed by atoms with Crippen molar-refractivity contribution in [3.05, 3.63) is 80.9 Å². The van der Waals surface area contributed by atoms with Crippen LogP contribution >= 0.6 is 23.4 Å². The second-order valence-electron chi connectivity index (χ2n) is 10.2. The van der Waals surface area contributed by atoms with E-state index < -0.39 is 11.7 Å². The third-order valence-electron chi connectivity index (χ3n) is 7.29. The van der Waals surface area contributed by atoms with Gasteiger partial charge in [0.2, 0.25) is 6.41 Å². The number of nitrogens with zero attached hydrogens (tertiary/aromatic N) is 7. The van der Waals surface area contributed by atoms with Gasteiger partial charge in [-0.1, -0.05) is 35.5 Å². The number of aryl methyl sites for hydroxylation is 2. The fraction of sp³-hybridized carbons (Fsp3) is 0.345. The van der Waals surface area contributed by atoms with Gasteiger partial charge in [-0.15, -0.1) is 10.2 Å². The largest absolute Gasteiger partial charge is 0.416 e. The lowest BCUT2D eigenvalue weighted by molar-refractivity contribution is -0.138. The van der Waals surface area contributed by atoms with Crippen molar-refractivity contribution in [1.29, 1.82) is 0 Å². The molecule has 2 aromatic heterocycles. The van der Waals surface area contributed by atoms with Crippen LogP contribution in [0.5, 0.6) is 0 Å². The number of hydrogen-bond donors (Lipinski definition) is 0. The van der Waals surface area contributed by atoms with Crippen LogP contribution < -0.4 is 0 Å². The molecule has 1 saturated heterocycles. The fourth-order valence-corrected chi connectivity index (χ4v) is 6.44. The molecule has 2 aromatic carbocycles. The SMILES string of the molecule is CC(=Cc1ccc2c(cnn2Cc2ccc(Cl)cc2C(F)(F)F)c1)SC(=NC=O)N1CCC(n2c(C)nnc2C)CC1. The number of halogens is 4. The van der Waals surface area contributed by atoms with Gasteiger partial charge in [-0.3, -0.25) is 9.48 Å². The first kappa shape index (κ1) is 29.8. The van der Waals surface area contributed by atoms with Crippen LogP contribution in [0.1, 0.15) is 54.1 Å². The Morgan fingerprint density at radius 2 is 1.83 bits per heavy atom. The van der Waals surface area contributed by atoms with Gasteiger partial charge in [0, 0.05) is 29.5 Å². The molecule has 0 N–H and O–H groups in total. The van der Waals surface area contributed by atoms with Crippen LogP contribution in [-0.2, 0) is 17.5 Å². The molecule has 1 aliphatic heterocycles. The number of hydrogen-bond acceptors (Lipinski definition) is 5. The van der Waals surface area contributed by atoms with E-state index in [-0.39, 0.29) is 17.1 Å². The van der Waals surface area contributed by atoms with E-state index in [0.717, 1.165) is 59.5 Å². The van der Waals surface area contributed by atoms with E-state index in [0.29, 0.717) is 23.1 Å². The highest BCUT2D eigenvalue weighted by Crippen LogP contribution is 2.35. The summed E-state index contributed by atoms with van der Waals surface area (Å²) in [5, 5.41) is 14.2. The summed E-state index contributed by atoms with van der Waals surface area (Å²) in [5.74, 6) is 1.80. The zero-order valence-corrected chi connectivity index (χ0v) is 24.8. The molecule has 13 heteroatoms. The van der Waals surface area contributed by atoms with E-state index in [1.165, 1.54) is 23.9 Å². The van der Waals surface area contributed by atoms with Crippen LogP contribution in [0.4, 0.5) is 13.2 Å². The predicted molar refractivity (Wildman–Crippen MR) is 159 cm³/mol. The number of carbonyl (C=O) groups excluding carboxylic acids is 1. The summed E-state index contributed by atoms with van der Waals surface area (Å²) in [7, 11) is 0. The summed E-state index contributed by atoms with van der Waals surface area (Å²) in [5.41, 5.74) is 0.931. The Bertz CT molecular complexity index is 1650. The normalized spacial score (nSPS) is 15.5. The lowest BCUT2D eigenvalue weighted by Crippen LogP contribution is -2.38. The maximum Gasteiger partial charge on any atom is 0.416 e. The van der Waals surface area contributed by atoms with Gasteiger partial charge in [0.1, 0.15) is 11.6 Å². The molecule has 0 spiro atoms. The molecule has 0 atom stereocenters. The van der Waals surface area contributed by atoms with Gasteiger partial charge >= 0.3 is 6.18 Å². The first-order valence-electron chi connectivity index (χ1n) is 13.4. The Hall–Kier alpha value is -3.64. The Morgan fingerprint density at radius 1 is 1.12 bits per heavy atom. The quantitative estimate of drug-likeness (QED) is 0.133. The molecule has 8 nitrogen and oxygen atoms in total. The summed E-state index contributed by atoms with van der Waals surface area (Å²) in [6.07, 6.45) is 1.46. The van der Waals surface area contributed by atoms with Crippen molar-refractivity contribution in [2.45, 2.75) is 52.4 Å². The van der Waals surface area contributed by atoms with Gasteiger partial charge in [-0.05, 0) is 80.0 Å². The summed E-state index contributed by atoms with van der Waals surface area (Å²) in [6, 6.07) is 9.75. The predicted octanol–water partition coefficient (Wildman–Crippen LogP) is 6.91. The van der Waals surface area contributed by atoms with Crippen LogP contribution in [0, 0.1) is 13.8 Å². The van der Waals surface area contributed by atoms with Crippen LogP contribution in [0.2, 0.25) is 5.02 Å². The first-order chi connectivity index (χ1) is 20.0. The lowest BCUT2D eigenvalue weighted by atomic mass is 10.1. The number of carbonyl (C=O) groups is 1. The zero-order valence-electron chi connectivity index (χ0n) is 23.3. The van der Waals surface area contributed by atoms with Crippen molar-refractivity contribution in [2.24, 2.45) is 4.99 Å². The molecule has 4 aromatic rings. The maximum absolute atomic E-state index is 13.6. The molecule has 220 valence electrons. The third-order valence-corrected chi connectivity index (χ3v) is 8.51. The Morgan fingerprint density at radius 3 is 2.50 bits per heavy atom. The number of aromatic nitrogens is 5. The van der Waals surface area contributed by atoms with Gasteiger partial charge in [-0.25, -0.2) is 0 Å². The smallest absolute Gasteiger partial charge is 0.351 e. The minimum atomic E-state index is -4.52. The van der Waals surface area contributed by atoms with E-state index >= 15 is 0 Å². The van der Waals surface area contributed by atoms with Crippen LogP contribution in [-0.4, -0.2) is 54.1 Å². The fourth-order valence-electron chi connectivity index (χ4n) is 5.38. The number of thioether (sulfide) groups is 1. The first-order valence-corrected chi connectivity index (χ1v) is 14.5. The highest BCUT2D eigenvalue weighted by molar-refractivity contribution is 8.17. The Balaban J connectivity index is 1.28. The number of amidine groups is 1. The van der Waals surface area contributed by atoms with Crippen LogP contribution in [0.25, 0.3) is 17.0 Å². The second kappa shape index (κ2) is 12.3. The standard InChI is InChI=1S/C29H29ClF3N7OS/c1-18(42-28(34-17-41)38-10-8-25(9-11-38)40-19(2)36-37-20(40)3)12-21-4-7-27-23(13-21)15-35-39(27)16-22-5-6-24(30)14-26(22)29(31,32)33/h4-7,12-15,17,25H,8-11,16H2,1-3H3. The molecule has 1 aliphatic rings. The van der Waals surface area contributed by atoms with Gasteiger partial charge in [0.05, 0.1) is 23.8 Å². The number of allylic oxidation sites excluding steroid dienone is 1. The molecule has 0 radical (unpaired) electrons. The van der Waals surface area contributed by atoms with Crippen LogP contribution in [0.15, 0.2) is 52.5 Å². The minimum absolute atomic E-state index is 0.0316. The lowest BCUT2D eigenvalue weighted by Gasteiger charge is -2.34. The molecule has 1 amide bonds. The van der Waals surface area contributed by atoms with Crippen molar-refractivity contribution in [3.8, 4) is 0 Å². The van der Waals surface area contributed by atoms with E-state index in [4.69, 9.17) is 11.6 Å². The average molecular weight is 616 g/mol. The number of piperidine rings is 1. The van der Waals surface area contributed by atoms with Crippen molar-refractivity contribution in [3.63, 3.8) is 0 Å². The molecule has 0 saturated carbocycles. The van der Waals surface area contributed by atoms with Gasteiger partial charge in [0.15, 0.2) is 5.17 Å². The van der Waals surface area contributed by atoms with E-state index in [1.807, 2.05) is 45.0 Å². The monoisotopic (exact) mass is 615 g/mol. The van der Waals surface area contributed by atoms with Crippen LogP contribution in [0.3, 0.4) is 0 Å². The third kappa shape index (κ3) is 6.54. The highest BCUT2D eigenvalue weighted by atomic mass is 35.5. The zero-order chi connectivity index (χ0) is 30.0. The highest BCUT2D eigenvalue weighted by Gasteiger charge is 2.33. The van der Waals surface area contributed by atoms with Gasteiger partial charge in [-0.2, -0.15) is 23.3 Å². The molecule has 0 bridgehead atoms. The summed E-state index contributed by atoms with van der Waals surface area (Å²) >= 11 is 7.25. The van der Waals surface area contributed by atoms with E-state index in [9.17, 15) is 18.0 Å². The second-order valence-corrected chi connectivity index (χ2v) is 11.8. The summed E-state index contributed by atoms with van der Waals surface area (Å²) in [6.45, 7) is 7.34. The number of aliphatic imine (C=N–C) groups is 1. The van der Waals surface area contributed by atoms with E-state index in [1.54, 1.807) is 10.9 Å². The topological polar surface area (TPSA) is 81.2 Å². The number of likely N-dealkylation sites (tertiary alicyclic amines) is 1. The Labute approximate surface area is 250 Å². The molecule has 1 fully saturated rings. The van der Waals surface area contributed by atoms with Crippen molar-refractivity contribution in [1.82, 2.24) is 29.4 Å². The summed E-state index contributed by atoms with van der Waals surface area (Å²) in [4.78, 5) is 18.6. The molecule has 3 heterocycles. The molecule has 0 aliphatic carbocycles. The number of benzene rings is 2. The van der Waals surface area contributed by atoms with Gasteiger partial charge < -0.3 is 9.47 Å². The molecule has 0 unspecified atom stereocenters. The maximum atomic E-state index is 13.6. The van der Waals surface area contributed by atoms with Crippen molar-refractivity contribution in [2.75, 3.05) is 13.1 Å². The van der Waals surface area contributed by atoms with E-state index in [2.05, 4.69) is 29.8 Å². The minimum Gasteiger partial charge on any atom is -0.351 e. The molecular weight excluding hydrogens is 587 g/mol. The van der Waals surface area contributed by atoms with Gasteiger partial charge in [0.25, 0.3) is 0 Å². The number of rotatable bonds is 6. The molecular formula is C29H29ClF3N7OS. The summed E-state index contributed by atoms with van der Waals surface area (Å²) < 4.78 is 44.4. The number of fused-ring (bicyclic) bond motifs is 1. The molecule has 42 heavy (non-hydrogen) atoms. The Kier molecular flexibility index (Phi) is 8.74. The number of amides is 1. The molecule has 5 rings (SSSR count). The average Bonchev–Trinajstić information content (AvgIpc) is 3.50. The van der Waals surface area contributed by atoms with Crippen molar-refractivity contribution >= 4 is 51.9 Å². The van der Waals surface area contributed by atoms with Crippen molar-refractivity contribution < 1.29 is 18.0 Å².